The summed E-state index contributed by atoms with van der Waals surface area (Å²) in [6, 6.07) is 16.0. The van der Waals surface area contributed by atoms with Crippen LogP contribution in [0.15, 0.2) is 59.5 Å². The fraction of sp³-hybridized carbons (Fsp3) is 0.370. The number of amides is 1. The standard InChI is InChI=1S/C27H31N5O2/c1-18-8-10-20(11-9-18)16-31-13-12-21(17-31)14-28-26(33)19(2)32-24-7-5-4-6-22(24)23-15-29-30(3)27(34)25(23)32/h4-11,15,19,21H,12-14,16-17H2,1-3H3,(H,28,33)/t19-,21-/m1/s1. The molecule has 1 saturated heterocycles. The van der Waals surface area contributed by atoms with Crippen LogP contribution in [0.3, 0.4) is 0 Å². The van der Waals surface area contributed by atoms with Gasteiger partial charge in [0.2, 0.25) is 5.91 Å². The van der Waals surface area contributed by atoms with Gasteiger partial charge in [-0.1, -0.05) is 48.0 Å². The number of nitrogens with zero attached hydrogens (tertiary/aromatic N) is 4. The molecule has 5 rings (SSSR count). The van der Waals surface area contributed by atoms with Crippen LogP contribution in [0.1, 0.15) is 30.5 Å². The van der Waals surface area contributed by atoms with Gasteiger partial charge < -0.3 is 9.88 Å². The molecule has 0 aliphatic carbocycles. The average molecular weight is 458 g/mol. The molecule has 7 nitrogen and oxygen atoms in total. The van der Waals surface area contributed by atoms with Gasteiger partial charge in [-0.15, -0.1) is 0 Å². The van der Waals surface area contributed by atoms with E-state index in [2.05, 4.69) is 46.5 Å². The zero-order valence-corrected chi connectivity index (χ0v) is 20.0. The molecule has 0 saturated carbocycles. The van der Waals surface area contributed by atoms with Crippen molar-refractivity contribution in [1.82, 2.24) is 24.6 Å². The Kier molecular flexibility index (Phi) is 5.96. The maximum atomic E-state index is 13.2. The number of carbonyl (C=O) groups is 1. The second-order valence-electron chi connectivity index (χ2n) is 9.52. The normalized spacial score (nSPS) is 17.4. The largest absolute Gasteiger partial charge is 0.354 e. The van der Waals surface area contributed by atoms with E-state index in [1.54, 1.807) is 13.2 Å². The molecule has 2 aromatic heterocycles. The second-order valence-corrected chi connectivity index (χ2v) is 9.52. The van der Waals surface area contributed by atoms with Crippen LogP contribution in [0.25, 0.3) is 21.8 Å². The minimum atomic E-state index is -0.512. The SMILES string of the molecule is Cc1ccc(CN2CC[C@H](CNC(=O)[C@@H](C)n3c4ccccc4c4cnn(C)c(=O)c43)C2)cc1. The van der Waals surface area contributed by atoms with Crippen LogP contribution in [-0.2, 0) is 18.4 Å². The summed E-state index contributed by atoms with van der Waals surface area (Å²) in [5.74, 6) is 0.357. The highest BCUT2D eigenvalue weighted by molar-refractivity contribution is 6.08. The van der Waals surface area contributed by atoms with Gasteiger partial charge in [-0.2, -0.15) is 5.10 Å². The van der Waals surface area contributed by atoms with Gasteiger partial charge in [0.1, 0.15) is 11.6 Å². The lowest BCUT2D eigenvalue weighted by molar-refractivity contribution is -0.123. The quantitative estimate of drug-likeness (QED) is 0.482. The van der Waals surface area contributed by atoms with Gasteiger partial charge in [-0.3, -0.25) is 14.5 Å². The highest BCUT2D eigenvalue weighted by atomic mass is 16.2. The highest BCUT2D eigenvalue weighted by Crippen LogP contribution is 2.29. The number of nitrogens with one attached hydrogen (secondary N) is 1. The molecule has 0 bridgehead atoms. The Balaban J connectivity index is 1.29. The monoisotopic (exact) mass is 457 g/mol. The van der Waals surface area contributed by atoms with Crippen molar-refractivity contribution in [2.24, 2.45) is 13.0 Å². The van der Waals surface area contributed by atoms with E-state index in [9.17, 15) is 9.59 Å². The van der Waals surface area contributed by atoms with Crippen molar-refractivity contribution in [1.29, 1.82) is 0 Å². The Morgan fingerprint density at radius 1 is 1.15 bits per heavy atom. The predicted octanol–water partition coefficient (Wildman–Crippen LogP) is 3.40. The van der Waals surface area contributed by atoms with Crippen LogP contribution in [0.4, 0.5) is 0 Å². The third-order valence-corrected chi connectivity index (χ3v) is 7.03. The van der Waals surface area contributed by atoms with Gasteiger partial charge >= 0.3 is 0 Å². The first-order valence-corrected chi connectivity index (χ1v) is 11.9. The van der Waals surface area contributed by atoms with E-state index in [4.69, 9.17) is 0 Å². The summed E-state index contributed by atoms with van der Waals surface area (Å²) in [4.78, 5) is 28.6. The summed E-state index contributed by atoms with van der Waals surface area (Å²) in [6.45, 7) is 7.57. The number of hydrogen-bond acceptors (Lipinski definition) is 4. The Hall–Kier alpha value is -3.45. The third kappa shape index (κ3) is 4.12. The van der Waals surface area contributed by atoms with Crippen LogP contribution in [-0.4, -0.2) is 44.8 Å². The summed E-state index contributed by atoms with van der Waals surface area (Å²) in [5, 5.41) is 9.06. The van der Waals surface area contributed by atoms with E-state index in [-0.39, 0.29) is 11.5 Å². The van der Waals surface area contributed by atoms with Gasteiger partial charge in [0.25, 0.3) is 5.56 Å². The van der Waals surface area contributed by atoms with Crippen LogP contribution in [0, 0.1) is 12.8 Å². The number of para-hydroxylation sites is 1. The van der Waals surface area contributed by atoms with Crippen molar-refractivity contribution in [2.75, 3.05) is 19.6 Å². The number of carbonyl (C=O) groups excluding carboxylic acids is 1. The fourth-order valence-corrected chi connectivity index (χ4v) is 5.08. The lowest BCUT2D eigenvalue weighted by atomic mass is 10.1. The molecular weight excluding hydrogens is 426 g/mol. The van der Waals surface area contributed by atoms with Crippen molar-refractivity contribution >= 4 is 27.7 Å². The van der Waals surface area contributed by atoms with Gasteiger partial charge in [-0.25, -0.2) is 4.68 Å². The molecule has 176 valence electrons. The zero-order valence-electron chi connectivity index (χ0n) is 20.0. The number of benzene rings is 2. The summed E-state index contributed by atoms with van der Waals surface area (Å²) >= 11 is 0. The molecule has 0 radical (unpaired) electrons. The van der Waals surface area contributed by atoms with Gasteiger partial charge in [-0.05, 0) is 44.4 Å². The predicted molar refractivity (Wildman–Crippen MR) is 135 cm³/mol. The molecule has 1 N–H and O–H groups in total. The van der Waals surface area contributed by atoms with Crippen molar-refractivity contribution in [3.63, 3.8) is 0 Å². The van der Waals surface area contributed by atoms with Gasteiger partial charge in [0, 0.05) is 37.5 Å². The van der Waals surface area contributed by atoms with Crippen molar-refractivity contribution < 1.29 is 4.79 Å². The first-order valence-electron chi connectivity index (χ1n) is 11.9. The molecule has 34 heavy (non-hydrogen) atoms. The minimum Gasteiger partial charge on any atom is -0.354 e. The van der Waals surface area contributed by atoms with Gasteiger partial charge in [0.15, 0.2) is 0 Å². The highest BCUT2D eigenvalue weighted by Gasteiger charge is 2.26. The number of hydrogen-bond donors (Lipinski definition) is 1. The molecule has 1 aliphatic rings. The molecule has 2 atom stereocenters. The topological polar surface area (TPSA) is 72.2 Å². The Labute approximate surface area is 199 Å². The van der Waals surface area contributed by atoms with E-state index in [1.165, 1.54) is 15.8 Å². The maximum absolute atomic E-state index is 13.2. The van der Waals surface area contributed by atoms with E-state index >= 15 is 0 Å². The van der Waals surface area contributed by atoms with Gasteiger partial charge in [0.05, 0.1) is 11.7 Å². The summed E-state index contributed by atoms with van der Waals surface area (Å²) in [5.41, 5.74) is 3.79. The first kappa shape index (κ1) is 22.3. The molecule has 1 fully saturated rings. The third-order valence-electron chi connectivity index (χ3n) is 7.03. The van der Waals surface area contributed by atoms with Crippen LogP contribution >= 0.6 is 0 Å². The number of aromatic nitrogens is 3. The molecule has 4 aromatic rings. The number of rotatable bonds is 6. The van der Waals surface area contributed by atoms with Crippen LogP contribution < -0.4 is 10.9 Å². The molecular formula is C27H31N5O2. The lowest BCUT2D eigenvalue weighted by Crippen LogP contribution is -2.36. The summed E-state index contributed by atoms with van der Waals surface area (Å²) in [7, 11) is 1.64. The van der Waals surface area contributed by atoms with E-state index in [1.807, 2.05) is 35.8 Å². The minimum absolute atomic E-state index is 0.0708. The number of aryl methyl sites for hydroxylation is 2. The average Bonchev–Trinajstić information content (AvgIpc) is 3.43. The smallest absolute Gasteiger partial charge is 0.291 e. The van der Waals surface area contributed by atoms with Crippen LogP contribution in [0.2, 0.25) is 0 Å². The summed E-state index contributed by atoms with van der Waals surface area (Å²) < 4.78 is 3.19. The second kappa shape index (κ2) is 9.06. The summed E-state index contributed by atoms with van der Waals surface area (Å²) in [6.07, 6.45) is 2.78. The van der Waals surface area contributed by atoms with Crippen molar-refractivity contribution in [3.05, 3.63) is 76.2 Å². The fourth-order valence-electron chi connectivity index (χ4n) is 5.08. The lowest BCUT2D eigenvalue weighted by Gasteiger charge is -2.19. The molecule has 1 aliphatic heterocycles. The van der Waals surface area contributed by atoms with E-state index in [0.717, 1.165) is 42.3 Å². The Bertz CT molecular complexity index is 1400. The molecule has 3 heterocycles. The molecule has 2 aromatic carbocycles. The van der Waals surface area contributed by atoms with E-state index in [0.29, 0.717) is 18.0 Å². The maximum Gasteiger partial charge on any atom is 0.291 e. The molecule has 0 spiro atoms. The molecule has 0 unspecified atom stereocenters. The Morgan fingerprint density at radius 3 is 2.71 bits per heavy atom. The zero-order chi connectivity index (χ0) is 23.8. The molecule has 1 amide bonds. The van der Waals surface area contributed by atoms with Crippen molar-refractivity contribution in [3.8, 4) is 0 Å². The number of likely N-dealkylation sites (tertiary alicyclic amines) is 1. The van der Waals surface area contributed by atoms with E-state index < -0.39 is 6.04 Å². The van der Waals surface area contributed by atoms with Crippen molar-refractivity contribution in [2.45, 2.75) is 32.9 Å². The Morgan fingerprint density at radius 2 is 1.91 bits per heavy atom. The first-order chi connectivity index (χ1) is 16.4. The van der Waals surface area contributed by atoms with Crippen LogP contribution in [0.5, 0.6) is 0 Å². The number of fused-ring (bicyclic) bond motifs is 3. The molecule has 7 heteroatoms.